The van der Waals surface area contributed by atoms with Crippen LogP contribution in [0.3, 0.4) is 0 Å². The van der Waals surface area contributed by atoms with Gasteiger partial charge in [0, 0.05) is 17.6 Å². The number of H-pyrrole nitrogens is 1. The largest absolute Gasteiger partial charge is 0.374 e. The molecule has 5 nitrogen and oxygen atoms in total. The van der Waals surface area contributed by atoms with Crippen LogP contribution in [0.5, 0.6) is 0 Å². The molecule has 0 spiro atoms. The van der Waals surface area contributed by atoms with E-state index in [1.165, 1.54) is 12.8 Å². The molecule has 0 radical (unpaired) electrons. The second-order valence-corrected chi connectivity index (χ2v) is 7.23. The van der Waals surface area contributed by atoms with Crippen molar-refractivity contribution in [2.45, 2.75) is 51.2 Å². The van der Waals surface area contributed by atoms with Gasteiger partial charge < -0.3 is 14.6 Å². The third kappa shape index (κ3) is 3.21. The fraction of sp³-hybridized carbons (Fsp3) is 0.500. The Kier molecular flexibility index (Phi) is 4.34. The molecular weight excluding hydrogens is 316 g/mol. The molecule has 1 saturated heterocycles. The molecule has 2 atom stereocenters. The number of hydrogen-bond donors (Lipinski definition) is 1. The van der Waals surface area contributed by atoms with Crippen molar-refractivity contribution >= 4 is 16.8 Å². The van der Waals surface area contributed by atoms with Gasteiger partial charge >= 0.3 is 0 Å². The van der Waals surface area contributed by atoms with E-state index in [2.05, 4.69) is 4.98 Å². The van der Waals surface area contributed by atoms with Crippen LogP contribution in [0, 0.1) is 6.92 Å². The standard InChI is InChI=1S/C20H24N2O3/c1-13-10-15-11-14(6-7-16(15)21-20(13)24)12-19(23)22-8-9-25-18-5-3-2-4-17(18)22/h6-7,10-11,17-18H,2-5,8-9,12H2,1H3,(H,21,24). The number of rotatable bonds is 2. The maximum absolute atomic E-state index is 12.9. The molecule has 5 heteroatoms. The highest BCUT2D eigenvalue weighted by atomic mass is 16.5. The van der Waals surface area contributed by atoms with E-state index in [-0.39, 0.29) is 23.6 Å². The summed E-state index contributed by atoms with van der Waals surface area (Å²) < 4.78 is 5.87. The molecule has 4 rings (SSSR count). The molecule has 1 amide bonds. The number of carbonyl (C=O) groups excluding carboxylic acids is 1. The summed E-state index contributed by atoms with van der Waals surface area (Å²) in [6.07, 6.45) is 5.11. The number of fused-ring (bicyclic) bond motifs is 2. The number of nitrogens with zero attached hydrogens (tertiary/aromatic N) is 1. The first-order valence-electron chi connectivity index (χ1n) is 9.15. The first-order chi connectivity index (χ1) is 12.1. The van der Waals surface area contributed by atoms with Crippen LogP contribution in [-0.4, -0.2) is 41.1 Å². The molecule has 2 unspecified atom stereocenters. The van der Waals surface area contributed by atoms with Crippen LogP contribution in [0.15, 0.2) is 29.1 Å². The smallest absolute Gasteiger partial charge is 0.251 e. The Bertz CT molecular complexity index is 856. The number of aromatic nitrogens is 1. The molecule has 2 fully saturated rings. The highest BCUT2D eigenvalue weighted by molar-refractivity contribution is 5.83. The van der Waals surface area contributed by atoms with Gasteiger partial charge in [0.25, 0.3) is 5.56 Å². The third-order valence-corrected chi connectivity index (χ3v) is 5.50. The van der Waals surface area contributed by atoms with Gasteiger partial charge in [-0.1, -0.05) is 18.9 Å². The van der Waals surface area contributed by atoms with E-state index in [4.69, 9.17) is 4.74 Å². The zero-order chi connectivity index (χ0) is 17.4. The molecule has 25 heavy (non-hydrogen) atoms. The molecule has 2 aromatic rings. The molecule has 0 bridgehead atoms. The van der Waals surface area contributed by atoms with Crippen molar-refractivity contribution in [3.63, 3.8) is 0 Å². The monoisotopic (exact) mass is 340 g/mol. The summed E-state index contributed by atoms with van der Waals surface area (Å²) in [5.41, 5.74) is 2.43. The molecule has 1 saturated carbocycles. The molecule has 1 aliphatic carbocycles. The van der Waals surface area contributed by atoms with Crippen LogP contribution in [0.2, 0.25) is 0 Å². The first kappa shape index (κ1) is 16.3. The minimum atomic E-state index is -0.0621. The van der Waals surface area contributed by atoms with Gasteiger partial charge in [-0.15, -0.1) is 0 Å². The number of aromatic amines is 1. The van der Waals surface area contributed by atoms with E-state index < -0.39 is 0 Å². The van der Waals surface area contributed by atoms with Crippen molar-refractivity contribution in [1.82, 2.24) is 9.88 Å². The molecule has 1 aliphatic heterocycles. The Hall–Kier alpha value is -2.14. The first-order valence-corrected chi connectivity index (χ1v) is 9.15. The number of amides is 1. The van der Waals surface area contributed by atoms with Crippen molar-refractivity contribution in [3.8, 4) is 0 Å². The summed E-state index contributed by atoms with van der Waals surface area (Å²) in [7, 11) is 0. The molecule has 2 heterocycles. The average molecular weight is 340 g/mol. The predicted octanol–water partition coefficient (Wildman–Crippen LogP) is 2.55. The van der Waals surface area contributed by atoms with Crippen molar-refractivity contribution < 1.29 is 9.53 Å². The number of hydrogen-bond acceptors (Lipinski definition) is 3. The number of carbonyl (C=O) groups is 1. The Morgan fingerprint density at radius 1 is 1.28 bits per heavy atom. The van der Waals surface area contributed by atoms with Gasteiger partial charge in [0.2, 0.25) is 5.91 Å². The topological polar surface area (TPSA) is 62.4 Å². The van der Waals surface area contributed by atoms with E-state index in [1.54, 1.807) is 6.92 Å². The van der Waals surface area contributed by atoms with E-state index >= 15 is 0 Å². The summed E-state index contributed by atoms with van der Waals surface area (Å²) in [5.74, 6) is 0.181. The minimum absolute atomic E-state index is 0.0621. The van der Waals surface area contributed by atoms with Crippen molar-refractivity contribution in [3.05, 3.63) is 45.7 Å². The molecule has 132 valence electrons. The second-order valence-electron chi connectivity index (χ2n) is 7.23. The summed E-state index contributed by atoms with van der Waals surface area (Å²) in [4.78, 5) is 29.5. The summed E-state index contributed by atoms with van der Waals surface area (Å²) >= 11 is 0. The van der Waals surface area contributed by atoms with Gasteiger partial charge in [0.05, 0.1) is 25.2 Å². The summed E-state index contributed by atoms with van der Waals surface area (Å²) in [6.45, 7) is 3.14. The molecular formula is C20H24N2O3. The van der Waals surface area contributed by atoms with Crippen LogP contribution in [0.4, 0.5) is 0 Å². The van der Waals surface area contributed by atoms with Gasteiger partial charge in [0.1, 0.15) is 0 Å². The fourth-order valence-corrected chi connectivity index (χ4v) is 4.16. The zero-order valence-corrected chi connectivity index (χ0v) is 14.6. The Morgan fingerprint density at radius 3 is 3.00 bits per heavy atom. The van der Waals surface area contributed by atoms with Gasteiger partial charge in [-0.3, -0.25) is 9.59 Å². The second kappa shape index (κ2) is 6.64. The van der Waals surface area contributed by atoms with Crippen molar-refractivity contribution in [2.75, 3.05) is 13.2 Å². The Morgan fingerprint density at radius 2 is 2.12 bits per heavy atom. The van der Waals surface area contributed by atoms with E-state index in [0.29, 0.717) is 25.1 Å². The Labute approximate surface area is 147 Å². The van der Waals surface area contributed by atoms with Crippen LogP contribution in [0.25, 0.3) is 10.9 Å². The number of morpholine rings is 1. The fourth-order valence-electron chi connectivity index (χ4n) is 4.16. The van der Waals surface area contributed by atoms with E-state index in [0.717, 1.165) is 29.3 Å². The number of ether oxygens (including phenoxy) is 1. The quantitative estimate of drug-likeness (QED) is 0.914. The maximum Gasteiger partial charge on any atom is 0.251 e. The third-order valence-electron chi connectivity index (χ3n) is 5.50. The SMILES string of the molecule is Cc1cc2cc(CC(=O)N3CCOC4CCCCC43)ccc2[nH]c1=O. The van der Waals surface area contributed by atoms with Crippen molar-refractivity contribution in [1.29, 1.82) is 0 Å². The molecule has 1 aromatic heterocycles. The zero-order valence-electron chi connectivity index (χ0n) is 14.6. The lowest BCUT2D eigenvalue weighted by atomic mass is 9.89. The lowest BCUT2D eigenvalue weighted by Crippen LogP contribution is -2.55. The number of aryl methyl sites for hydroxylation is 1. The van der Waals surface area contributed by atoms with E-state index in [9.17, 15) is 9.59 Å². The lowest BCUT2D eigenvalue weighted by Gasteiger charge is -2.43. The van der Waals surface area contributed by atoms with Crippen LogP contribution < -0.4 is 5.56 Å². The van der Waals surface area contributed by atoms with Gasteiger partial charge in [-0.25, -0.2) is 0 Å². The molecule has 1 N–H and O–H groups in total. The summed E-state index contributed by atoms with van der Waals surface area (Å²) in [6, 6.07) is 7.96. The molecule has 1 aromatic carbocycles. The van der Waals surface area contributed by atoms with Crippen LogP contribution >= 0.6 is 0 Å². The molecule has 2 aliphatic rings. The van der Waals surface area contributed by atoms with Gasteiger partial charge in [-0.05, 0) is 48.9 Å². The van der Waals surface area contributed by atoms with Gasteiger partial charge in [-0.2, -0.15) is 0 Å². The average Bonchev–Trinajstić information content (AvgIpc) is 2.62. The van der Waals surface area contributed by atoms with E-state index in [1.807, 2.05) is 29.2 Å². The lowest BCUT2D eigenvalue weighted by molar-refractivity contribution is -0.148. The highest BCUT2D eigenvalue weighted by Crippen LogP contribution is 2.29. The number of pyridine rings is 1. The van der Waals surface area contributed by atoms with Crippen LogP contribution in [-0.2, 0) is 16.0 Å². The number of benzene rings is 1. The highest BCUT2D eigenvalue weighted by Gasteiger charge is 2.36. The van der Waals surface area contributed by atoms with Crippen molar-refractivity contribution in [2.24, 2.45) is 0 Å². The van der Waals surface area contributed by atoms with Gasteiger partial charge in [0.15, 0.2) is 0 Å². The number of nitrogens with one attached hydrogen (secondary N) is 1. The predicted molar refractivity (Wildman–Crippen MR) is 96.7 cm³/mol. The maximum atomic E-state index is 12.9. The van der Waals surface area contributed by atoms with Crippen LogP contribution in [0.1, 0.15) is 36.8 Å². The minimum Gasteiger partial charge on any atom is -0.374 e. The summed E-state index contributed by atoms with van der Waals surface area (Å²) in [5, 5.41) is 0.972. The normalized spacial score (nSPS) is 23.5. The Balaban J connectivity index is 1.54.